The lowest BCUT2D eigenvalue weighted by Crippen LogP contribution is -2.16. The molecule has 6 nitrogen and oxygen atoms in total. The Labute approximate surface area is 157 Å². The number of para-hydroxylation sites is 1. The van der Waals surface area contributed by atoms with Gasteiger partial charge in [-0.15, -0.1) is 0 Å². The number of hydrogen-bond donors (Lipinski definition) is 2. The number of anilines is 3. The van der Waals surface area contributed by atoms with Crippen LogP contribution in [0.25, 0.3) is 0 Å². The number of ether oxygens (including phenoxy) is 1. The molecule has 0 radical (unpaired) electrons. The van der Waals surface area contributed by atoms with E-state index in [1.807, 2.05) is 31.2 Å². The van der Waals surface area contributed by atoms with Crippen LogP contribution >= 0.6 is 0 Å². The predicted octanol–water partition coefficient (Wildman–Crippen LogP) is 4.17. The molecule has 2 N–H and O–H groups in total. The third-order valence-corrected chi connectivity index (χ3v) is 3.92. The molecule has 1 amide bonds. The fourth-order valence-electron chi connectivity index (χ4n) is 2.47. The van der Waals surface area contributed by atoms with E-state index in [0.717, 1.165) is 11.4 Å². The Kier molecular flexibility index (Phi) is 5.47. The number of aryl methyl sites for hydroxylation is 1. The second-order valence-electron chi connectivity index (χ2n) is 5.91. The molecule has 3 aromatic rings. The van der Waals surface area contributed by atoms with Gasteiger partial charge < -0.3 is 15.4 Å². The maximum Gasteiger partial charge on any atom is 0.339 e. The van der Waals surface area contributed by atoms with Crippen molar-refractivity contribution < 1.29 is 14.3 Å². The van der Waals surface area contributed by atoms with Crippen molar-refractivity contribution in [3.05, 3.63) is 83.7 Å². The highest BCUT2D eigenvalue weighted by atomic mass is 16.5. The highest BCUT2D eigenvalue weighted by molar-refractivity contribution is 6.07. The van der Waals surface area contributed by atoms with Gasteiger partial charge in [-0.3, -0.25) is 4.79 Å². The van der Waals surface area contributed by atoms with Crippen LogP contribution in [0.2, 0.25) is 0 Å². The van der Waals surface area contributed by atoms with E-state index in [1.54, 1.807) is 42.6 Å². The smallest absolute Gasteiger partial charge is 0.339 e. The number of benzene rings is 2. The molecule has 3 rings (SSSR count). The van der Waals surface area contributed by atoms with Gasteiger partial charge in [0.05, 0.1) is 30.2 Å². The molecule has 2 aromatic carbocycles. The first-order chi connectivity index (χ1) is 13.1. The normalized spacial score (nSPS) is 10.1. The molecule has 0 atom stereocenters. The van der Waals surface area contributed by atoms with Gasteiger partial charge in [-0.05, 0) is 43.3 Å². The van der Waals surface area contributed by atoms with Crippen molar-refractivity contribution in [2.45, 2.75) is 6.92 Å². The number of esters is 1. The molecule has 1 aromatic heterocycles. The number of methoxy groups -OCH3 is 1. The highest BCUT2D eigenvalue weighted by Crippen LogP contribution is 2.19. The molecule has 0 unspecified atom stereocenters. The number of hydrogen-bond acceptors (Lipinski definition) is 5. The van der Waals surface area contributed by atoms with Gasteiger partial charge in [0.2, 0.25) is 0 Å². The largest absolute Gasteiger partial charge is 0.465 e. The van der Waals surface area contributed by atoms with Gasteiger partial charge in [-0.2, -0.15) is 0 Å². The minimum Gasteiger partial charge on any atom is -0.465 e. The van der Waals surface area contributed by atoms with Gasteiger partial charge in [-0.25, -0.2) is 9.78 Å². The average Bonchev–Trinajstić information content (AvgIpc) is 2.70. The molecule has 6 heteroatoms. The summed E-state index contributed by atoms with van der Waals surface area (Å²) in [5, 5.41) is 5.92. The lowest BCUT2D eigenvalue weighted by atomic mass is 10.1. The van der Waals surface area contributed by atoms with Crippen LogP contribution in [-0.2, 0) is 4.74 Å². The summed E-state index contributed by atoms with van der Waals surface area (Å²) in [6.07, 6.45) is 1.58. The molecule has 0 aliphatic heterocycles. The number of pyridine rings is 1. The van der Waals surface area contributed by atoms with Crippen molar-refractivity contribution in [2.24, 2.45) is 0 Å². The maximum absolute atomic E-state index is 12.4. The van der Waals surface area contributed by atoms with Crippen molar-refractivity contribution in [1.29, 1.82) is 0 Å². The van der Waals surface area contributed by atoms with Crippen LogP contribution in [0.15, 0.2) is 66.9 Å². The van der Waals surface area contributed by atoms with Gasteiger partial charge >= 0.3 is 5.97 Å². The minimum absolute atomic E-state index is 0.240. The van der Waals surface area contributed by atoms with E-state index in [2.05, 4.69) is 15.6 Å². The Hall–Kier alpha value is -3.67. The molecular weight excluding hydrogens is 342 g/mol. The van der Waals surface area contributed by atoms with Gasteiger partial charge in [0, 0.05) is 5.69 Å². The molecular formula is C21H19N3O3. The van der Waals surface area contributed by atoms with Crippen LogP contribution in [0.1, 0.15) is 26.4 Å². The standard InChI is InChI=1S/C21H19N3O3/c1-14-7-9-15(10-8-14)23-16-11-12-19(22-13-16)20(25)24-18-6-4-3-5-17(18)21(26)27-2/h3-13,23H,1-2H3,(H,24,25). The van der Waals surface area contributed by atoms with E-state index in [9.17, 15) is 9.59 Å². The molecule has 0 aliphatic rings. The molecule has 1 heterocycles. The number of amides is 1. The summed E-state index contributed by atoms with van der Waals surface area (Å²) in [5.74, 6) is -0.926. The van der Waals surface area contributed by atoms with Crippen molar-refractivity contribution >= 4 is 28.9 Å². The fraction of sp³-hybridized carbons (Fsp3) is 0.0952. The van der Waals surface area contributed by atoms with Crippen molar-refractivity contribution in [3.63, 3.8) is 0 Å². The number of nitrogens with zero attached hydrogens (tertiary/aromatic N) is 1. The monoisotopic (exact) mass is 361 g/mol. The molecule has 136 valence electrons. The zero-order chi connectivity index (χ0) is 19.2. The van der Waals surface area contributed by atoms with Gasteiger partial charge in [0.25, 0.3) is 5.91 Å². The topological polar surface area (TPSA) is 80.3 Å². The van der Waals surface area contributed by atoms with Gasteiger partial charge in [-0.1, -0.05) is 29.8 Å². The lowest BCUT2D eigenvalue weighted by molar-refractivity contribution is 0.0602. The Bertz CT molecular complexity index is 951. The van der Waals surface area contributed by atoms with E-state index >= 15 is 0 Å². The fourth-order valence-corrected chi connectivity index (χ4v) is 2.47. The average molecular weight is 361 g/mol. The Morgan fingerprint density at radius 2 is 1.63 bits per heavy atom. The van der Waals surface area contributed by atoms with Crippen molar-refractivity contribution in [3.8, 4) is 0 Å². The second-order valence-corrected chi connectivity index (χ2v) is 5.91. The first-order valence-corrected chi connectivity index (χ1v) is 8.35. The summed E-state index contributed by atoms with van der Waals surface area (Å²) < 4.78 is 4.73. The Morgan fingerprint density at radius 1 is 0.926 bits per heavy atom. The molecule has 0 spiro atoms. The van der Waals surface area contributed by atoms with Gasteiger partial charge in [0.15, 0.2) is 0 Å². The number of aromatic nitrogens is 1. The number of nitrogens with one attached hydrogen (secondary N) is 2. The third kappa shape index (κ3) is 4.49. The minimum atomic E-state index is -0.517. The predicted molar refractivity (Wildman–Crippen MR) is 104 cm³/mol. The van der Waals surface area contributed by atoms with Crippen molar-refractivity contribution in [2.75, 3.05) is 17.7 Å². The summed E-state index contributed by atoms with van der Waals surface area (Å²) in [7, 11) is 1.29. The van der Waals surface area contributed by atoms with Crippen LogP contribution in [0.5, 0.6) is 0 Å². The van der Waals surface area contributed by atoms with E-state index < -0.39 is 11.9 Å². The number of rotatable bonds is 5. The lowest BCUT2D eigenvalue weighted by Gasteiger charge is -2.10. The summed E-state index contributed by atoms with van der Waals surface area (Å²) in [5.41, 5.74) is 3.78. The summed E-state index contributed by atoms with van der Waals surface area (Å²) in [6.45, 7) is 2.02. The zero-order valence-corrected chi connectivity index (χ0v) is 15.0. The second kappa shape index (κ2) is 8.14. The Morgan fingerprint density at radius 3 is 2.30 bits per heavy atom. The first kappa shape index (κ1) is 18.1. The number of carbonyl (C=O) groups excluding carboxylic acids is 2. The summed E-state index contributed by atoms with van der Waals surface area (Å²) >= 11 is 0. The SMILES string of the molecule is COC(=O)c1ccccc1NC(=O)c1ccc(Nc2ccc(C)cc2)cn1. The maximum atomic E-state index is 12.4. The molecule has 0 saturated carbocycles. The van der Waals surface area contributed by atoms with Crippen LogP contribution in [-0.4, -0.2) is 24.0 Å². The van der Waals surface area contributed by atoms with E-state index in [4.69, 9.17) is 4.74 Å². The van der Waals surface area contributed by atoms with Crippen LogP contribution in [0, 0.1) is 6.92 Å². The van der Waals surface area contributed by atoms with Crippen LogP contribution in [0.4, 0.5) is 17.1 Å². The highest BCUT2D eigenvalue weighted by Gasteiger charge is 2.15. The zero-order valence-electron chi connectivity index (χ0n) is 15.0. The Balaban J connectivity index is 1.71. The number of carbonyl (C=O) groups is 2. The van der Waals surface area contributed by atoms with Crippen LogP contribution in [0.3, 0.4) is 0 Å². The van der Waals surface area contributed by atoms with Gasteiger partial charge in [0.1, 0.15) is 5.69 Å². The van der Waals surface area contributed by atoms with E-state index in [0.29, 0.717) is 5.69 Å². The van der Waals surface area contributed by atoms with Crippen molar-refractivity contribution in [1.82, 2.24) is 4.98 Å². The third-order valence-electron chi connectivity index (χ3n) is 3.92. The molecule has 0 aliphatic carbocycles. The molecule has 27 heavy (non-hydrogen) atoms. The van der Waals surface area contributed by atoms with E-state index in [-0.39, 0.29) is 11.3 Å². The summed E-state index contributed by atoms with van der Waals surface area (Å²) in [4.78, 5) is 28.4. The molecule has 0 saturated heterocycles. The van der Waals surface area contributed by atoms with Crippen LogP contribution < -0.4 is 10.6 Å². The van der Waals surface area contributed by atoms with E-state index in [1.165, 1.54) is 12.7 Å². The molecule has 0 fully saturated rings. The molecule has 0 bridgehead atoms. The first-order valence-electron chi connectivity index (χ1n) is 8.35. The quantitative estimate of drug-likeness (QED) is 0.667. The summed E-state index contributed by atoms with van der Waals surface area (Å²) in [6, 6.07) is 18.0.